The number of fused-ring (bicyclic) bond motifs is 2. The molecule has 1 unspecified atom stereocenters. The van der Waals surface area contributed by atoms with E-state index in [4.69, 9.17) is 5.73 Å². The van der Waals surface area contributed by atoms with E-state index in [1.807, 2.05) is 6.07 Å². The van der Waals surface area contributed by atoms with Gasteiger partial charge >= 0.3 is 0 Å². The maximum atomic E-state index is 12.0. The Balaban J connectivity index is 2.04. The first-order valence-corrected chi connectivity index (χ1v) is 8.82. The lowest BCUT2D eigenvalue weighted by Gasteiger charge is -2.35. The molecule has 3 rings (SSSR count). The van der Waals surface area contributed by atoms with Gasteiger partial charge in [0.05, 0.1) is 5.92 Å². The van der Waals surface area contributed by atoms with Gasteiger partial charge in [-0.15, -0.1) is 0 Å². The van der Waals surface area contributed by atoms with Crippen LogP contribution in [0, 0.1) is 11.8 Å². The first-order chi connectivity index (χ1) is 12.3. The van der Waals surface area contributed by atoms with Crippen molar-refractivity contribution in [1.82, 2.24) is 0 Å². The zero-order chi connectivity index (χ0) is 19.0. The van der Waals surface area contributed by atoms with Crippen molar-refractivity contribution >= 4 is 11.7 Å². The molecule has 0 saturated carbocycles. The van der Waals surface area contributed by atoms with E-state index in [0.29, 0.717) is 25.7 Å². The molecule has 2 atom stereocenters. The van der Waals surface area contributed by atoms with Gasteiger partial charge in [0.2, 0.25) is 0 Å². The van der Waals surface area contributed by atoms with E-state index in [1.165, 1.54) is 0 Å². The number of amides is 1. The largest absolute Gasteiger partial charge is 0.512 e. The lowest BCUT2D eigenvalue weighted by atomic mass is 9.70. The highest BCUT2D eigenvalue weighted by atomic mass is 16.3. The van der Waals surface area contributed by atoms with Crippen LogP contribution in [0.4, 0.5) is 0 Å². The van der Waals surface area contributed by atoms with Crippen LogP contribution >= 0.6 is 0 Å². The highest BCUT2D eigenvalue weighted by Crippen LogP contribution is 2.44. The maximum absolute atomic E-state index is 12.0. The summed E-state index contributed by atoms with van der Waals surface area (Å²) in [4.78, 5) is 23.6. The second kappa shape index (κ2) is 6.86. The van der Waals surface area contributed by atoms with Crippen molar-refractivity contribution in [2.24, 2.45) is 17.6 Å². The fourth-order valence-corrected chi connectivity index (χ4v) is 4.07. The van der Waals surface area contributed by atoms with E-state index in [1.54, 1.807) is 19.1 Å². The Morgan fingerprint density at radius 3 is 2.62 bits per heavy atom. The normalized spacial score (nSPS) is 23.0. The molecule has 0 radical (unpaired) electrons. The number of nitrogens with two attached hydrogens (primary N) is 1. The third-order valence-corrected chi connectivity index (χ3v) is 5.47. The van der Waals surface area contributed by atoms with Gasteiger partial charge in [0.15, 0.2) is 5.78 Å². The number of allylic oxidation sites excluding steroid dienone is 1. The van der Waals surface area contributed by atoms with Gasteiger partial charge in [-0.05, 0) is 42.4 Å². The van der Waals surface area contributed by atoms with E-state index >= 15 is 0 Å². The Kier molecular flexibility index (Phi) is 4.76. The van der Waals surface area contributed by atoms with E-state index in [9.17, 15) is 24.9 Å². The van der Waals surface area contributed by atoms with Crippen molar-refractivity contribution in [1.29, 1.82) is 0 Å². The monoisotopic (exact) mass is 357 g/mol. The number of hydrogen-bond acceptors (Lipinski definition) is 5. The number of benzene rings is 1. The molecule has 1 aromatic rings. The summed E-state index contributed by atoms with van der Waals surface area (Å²) in [5, 5.41) is 31.4. The first-order valence-electron chi connectivity index (χ1n) is 8.82. The molecule has 0 bridgehead atoms. The number of phenols is 1. The van der Waals surface area contributed by atoms with Gasteiger partial charge in [-0.2, -0.15) is 0 Å². The summed E-state index contributed by atoms with van der Waals surface area (Å²) >= 11 is 0. The lowest BCUT2D eigenvalue weighted by Crippen LogP contribution is -2.30. The standard InChI is InChI=1S/C20H23NO5/c1-2-15(22)17(20(21)26)19(25)12-7-6-11-8-10-4-3-5-16(23)13(10)9-14(11)18(12)24/h3-5,11-12,23-25H,2,6-9H2,1H3,(H2,21,26)/t11-,12?/m1/s1. The highest BCUT2D eigenvalue weighted by molar-refractivity contribution is 6.19. The molecule has 0 aliphatic heterocycles. The number of aromatic hydroxyl groups is 1. The molecule has 0 heterocycles. The predicted octanol–water partition coefficient (Wildman–Crippen LogP) is 2.61. The topological polar surface area (TPSA) is 121 Å². The number of aliphatic hydroxyl groups is 2. The molecule has 0 spiro atoms. The number of primary amides is 1. The molecule has 0 fully saturated rings. The SMILES string of the molecule is CCC(=O)C(C(N)=O)=C(O)C1CC[C@@H]2Cc3cccc(O)c3CC2=C1O. The van der Waals surface area contributed by atoms with Gasteiger partial charge in [0.25, 0.3) is 5.91 Å². The molecule has 26 heavy (non-hydrogen) atoms. The van der Waals surface area contributed by atoms with Gasteiger partial charge in [0.1, 0.15) is 22.8 Å². The molecular weight excluding hydrogens is 334 g/mol. The molecule has 2 aliphatic carbocycles. The fraction of sp³-hybridized carbons (Fsp3) is 0.400. The Bertz CT molecular complexity index is 837. The third-order valence-electron chi connectivity index (χ3n) is 5.47. The Morgan fingerprint density at radius 1 is 1.23 bits per heavy atom. The first kappa shape index (κ1) is 18.0. The minimum atomic E-state index is -0.985. The summed E-state index contributed by atoms with van der Waals surface area (Å²) in [6.45, 7) is 1.58. The summed E-state index contributed by atoms with van der Waals surface area (Å²) < 4.78 is 0. The summed E-state index contributed by atoms with van der Waals surface area (Å²) in [5.41, 5.74) is 7.42. The summed E-state index contributed by atoms with van der Waals surface area (Å²) in [5.74, 6) is -2.50. The maximum Gasteiger partial charge on any atom is 0.255 e. The third kappa shape index (κ3) is 2.96. The average Bonchev–Trinajstić information content (AvgIpc) is 2.60. The van der Waals surface area contributed by atoms with Crippen LogP contribution < -0.4 is 5.73 Å². The number of Topliss-reactive ketones (excluding diaryl/α,β-unsaturated/α-hetero) is 1. The van der Waals surface area contributed by atoms with E-state index < -0.39 is 28.9 Å². The van der Waals surface area contributed by atoms with Crippen LogP contribution in [0.25, 0.3) is 0 Å². The van der Waals surface area contributed by atoms with Crippen LogP contribution in [0.1, 0.15) is 37.3 Å². The second-order valence-electron chi connectivity index (χ2n) is 6.93. The molecule has 5 N–H and O–H groups in total. The van der Waals surface area contributed by atoms with Gasteiger partial charge in [-0.1, -0.05) is 19.1 Å². The van der Waals surface area contributed by atoms with Gasteiger partial charge in [-0.25, -0.2) is 0 Å². The lowest BCUT2D eigenvalue weighted by molar-refractivity contribution is -0.121. The van der Waals surface area contributed by atoms with Crippen molar-refractivity contribution < 1.29 is 24.9 Å². The van der Waals surface area contributed by atoms with Gasteiger partial charge in [-0.3, -0.25) is 9.59 Å². The number of aliphatic hydroxyl groups excluding tert-OH is 2. The number of phenolic OH excluding ortho intramolecular Hbond substituents is 1. The van der Waals surface area contributed by atoms with Crippen LogP contribution in [0.2, 0.25) is 0 Å². The summed E-state index contributed by atoms with van der Waals surface area (Å²) in [7, 11) is 0. The smallest absolute Gasteiger partial charge is 0.255 e. The molecule has 1 amide bonds. The van der Waals surface area contributed by atoms with Crippen molar-refractivity contribution in [3.63, 3.8) is 0 Å². The molecule has 6 heteroatoms. The highest BCUT2D eigenvalue weighted by Gasteiger charge is 2.37. The minimum absolute atomic E-state index is 0.0182. The number of carbonyl (C=O) groups is 2. The van der Waals surface area contributed by atoms with Crippen molar-refractivity contribution in [3.05, 3.63) is 52.0 Å². The predicted molar refractivity (Wildman–Crippen MR) is 95.5 cm³/mol. The zero-order valence-corrected chi connectivity index (χ0v) is 14.7. The molecule has 0 aromatic heterocycles. The average molecular weight is 357 g/mol. The van der Waals surface area contributed by atoms with E-state index in [0.717, 1.165) is 16.7 Å². The van der Waals surface area contributed by atoms with Crippen LogP contribution in [-0.4, -0.2) is 27.0 Å². The molecule has 138 valence electrons. The van der Waals surface area contributed by atoms with Crippen molar-refractivity contribution in [3.8, 4) is 5.75 Å². The van der Waals surface area contributed by atoms with Gasteiger partial charge < -0.3 is 21.1 Å². The molecule has 6 nitrogen and oxygen atoms in total. The van der Waals surface area contributed by atoms with Crippen LogP contribution in [-0.2, 0) is 22.4 Å². The minimum Gasteiger partial charge on any atom is -0.512 e. The Labute approximate surface area is 151 Å². The van der Waals surface area contributed by atoms with E-state index in [2.05, 4.69) is 0 Å². The molecule has 0 saturated heterocycles. The number of ketones is 1. The van der Waals surface area contributed by atoms with Crippen LogP contribution in [0.15, 0.2) is 40.9 Å². The van der Waals surface area contributed by atoms with Crippen molar-refractivity contribution in [2.45, 2.75) is 39.0 Å². The zero-order valence-electron chi connectivity index (χ0n) is 14.7. The van der Waals surface area contributed by atoms with Crippen LogP contribution in [0.3, 0.4) is 0 Å². The second-order valence-corrected chi connectivity index (χ2v) is 6.93. The fourth-order valence-electron chi connectivity index (χ4n) is 4.07. The summed E-state index contributed by atoms with van der Waals surface area (Å²) in [6.07, 6.45) is 2.26. The van der Waals surface area contributed by atoms with Gasteiger partial charge in [0, 0.05) is 18.4 Å². The number of rotatable bonds is 4. The molecular formula is C20H23NO5. The Hall–Kier alpha value is -2.76. The quantitative estimate of drug-likeness (QED) is 0.286. The number of hydrogen-bond donors (Lipinski definition) is 4. The Morgan fingerprint density at radius 2 is 1.96 bits per heavy atom. The summed E-state index contributed by atoms with van der Waals surface area (Å²) in [6, 6.07) is 5.38. The molecule has 2 aliphatic rings. The molecule has 1 aromatic carbocycles. The van der Waals surface area contributed by atoms with E-state index in [-0.39, 0.29) is 23.8 Å². The van der Waals surface area contributed by atoms with Crippen molar-refractivity contribution in [2.75, 3.05) is 0 Å². The number of carbonyl (C=O) groups excluding carboxylic acids is 2. The van der Waals surface area contributed by atoms with Crippen LogP contribution in [0.5, 0.6) is 5.75 Å².